The zero-order chi connectivity index (χ0) is 21.4. The molecule has 0 heterocycles. The molecule has 2 aromatic rings. The minimum atomic E-state index is -0.757. The van der Waals surface area contributed by atoms with Crippen LogP contribution in [0.2, 0.25) is 10.0 Å². The van der Waals surface area contributed by atoms with Crippen molar-refractivity contribution in [2.45, 2.75) is 32.9 Å². The van der Waals surface area contributed by atoms with Crippen LogP contribution in [0.1, 0.15) is 25.8 Å². The van der Waals surface area contributed by atoms with E-state index >= 15 is 0 Å². The molecule has 2 amide bonds. The molecular formula is C21H23Cl2FN2O3. The van der Waals surface area contributed by atoms with Crippen LogP contribution < -0.4 is 10.1 Å². The molecule has 5 nitrogen and oxygen atoms in total. The second kappa shape index (κ2) is 11.0. The van der Waals surface area contributed by atoms with Gasteiger partial charge in [-0.1, -0.05) is 48.3 Å². The van der Waals surface area contributed by atoms with Gasteiger partial charge in [0, 0.05) is 13.1 Å². The number of nitrogens with one attached hydrogen (secondary N) is 1. The zero-order valence-corrected chi connectivity index (χ0v) is 17.8. The van der Waals surface area contributed by atoms with Gasteiger partial charge in [-0.2, -0.15) is 0 Å². The van der Waals surface area contributed by atoms with Gasteiger partial charge in [-0.25, -0.2) is 4.39 Å². The average molecular weight is 441 g/mol. The van der Waals surface area contributed by atoms with E-state index in [0.29, 0.717) is 22.2 Å². The summed E-state index contributed by atoms with van der Waals surface area (Å²) in [6.07, 6.45) is 0.773. The van der Waals surface area contributed by atoms with Crippen LogP contribution >= 0.6 is 23.2 Å². The van der Waals surface area contributed by atoms with E-state index in [4.69, 9.17) is 27.9 Å². The molecular weight excluding hydrogens is 418 g/mol. The molecule has 0 spiro atoms. The molecule has 0 aliphatic carbocycles. The Kier molecular flexibility index (Phi) is 8.73. The van der Waals surface area contributed by atoms with Gasteiger partial charge in [0.25, 0.3) is 5.91 Å². The Morgan fingerprint density at radius 2 is 1.90 bits per heavy atom. The third-order valence-electron chi connectivity index (χ3n) is 4.24. The lowest BCUT2D eigenvalue weighted by Gasteiger charge is -2.29. The van der Waals surface area contributed by atoms with E-state index in [9.17, 15) is 14.0 Å². The summed E-state index contributed by atoms with van der Waals surface area (Å²) in [6.45, 7) is 3.78. The minimum Gasteiger partial charge on any atom is -0.481 e. The van der Waals surface area contributed by atoms with Gasteiger partial charge in [-0.3, -0.25) is 9.59 Å². The summed E-state index contributed by atoms with van der Waals surface area (Å²) in [5.41, 5.74) is 0.703. The molecule has 0 saturated heterocycles. The number of carbonyl (C=O) groups is 2. The molecule has 0 unspecified atom stereocenters. The number of ether oxygens (including phenoxy) is 1. The highest BCUT2D eigenvalue weighted by atomic mass is 35.5. The molecule has 0 aromatic heterocycles. The third kappa shape index (κ3) is 6.61. The van der Waals surface area contributed by atoms with Gasteiger partial charge in [0.1, 0.15) is 6.04 Å². The molecule has 0 radical (unpaired) electrons. The molecule has 156 valence electrons. The number of carbonyl (C=O) groups excluding carboxylic acids is 2. The lowest BCUT2D eigenvalue weighted by atomic mass is 10.1. The maximum atomic E-state index is 13.8. The number of hydrogen-bond donors (Lipinski definition) is 1. The summed E-state index contributed by atoms with van der Waals surface area (Å²) >= 11 is 12.0. The molecule has 8 heteroatoms. The summed E-state index contributed by atoms with van der Waals surface area (Å²) in [5.74, 6) is -1.34. The van der Waals surface area contributed by atoms with Gasteiger partial charge < -0.3 is 15.0 Å². The first kappa shape index (κ1) is 23.0. The highest BCUT2D eigenvalue weighted by Crippen LogP contribution is 2.24. The highest BCUT2D eigenvalue weighted by molar-refractivity contribution is 6.42. The largest absolute Gasteiger partial charge is 0.481 e. The summed E-state index contributed by atoms with van der Waals surface area (Å²) in [7, 11) is 0. The van der Waals surface area contributed by atoms with Crippen LogP contribution in [0.15, 0.2) is 42.5 Å². The van der Waals surface area contributed by atoms with Crippen molar-refractivity contribution in [2.24, 2.45) is 0 Å². The quantitative estimate of drug-likeness (QED) is 0.626. The molecule has 2 aromatic carbocycles. The Balaban J connectivity index is 2.17. The molecule has 0 saturated carbocycles. The molecule has 2 rings (SSSR count). The van der Waals surface area contributed by atoms with Gasteiger partial charge in [0.15, 0.2) is 18.2 Å². The number of halogens is 3. The van der Waals surface area contributed by atoms with Crippen LogP contribution in [0.25, 0.3) is 0 Å². The van der Waals surface area contributed by atoms with Crippen molar-refractivity contribution >= 4 is 35.0 Å². The summed E-state index contributed by atoms with van der Waals surface area (Å²) < 4.78 is 19.1. The summed E-state index contributed by atoms with van der Waals surface area (Å²) in [5, 5.41) is 3.52. The van der Waals surface area contributed by atoms with Gasteiger partial charge in [-0.05, 0) is 43.2 Å². The summed E-state index contributed by atoms with van der Waals surface area (Å²) in [4.78, 5) is 26.6. The Morgan fingerprint density at radius 1 is 1.17 bits per heavy atom. The van der Waals surface area contributed by atoms with Crippen LogP contribution in [0.5, 0.6) is 5.75 Å². The maximum Gasteiger partial charge on any atom is 0.261 e. The minimum absolute atomic E-state index is 0.0292. The Labute approximate surface area is 179 Å². The Hall–Kier alpha value is -2.31. The summed E-state index contributed by atoms with van der Waals surface area (Å²) in [6, 6.07) is 10.0. The fraction of sp³-hybridized carbons (Fsp3) is 0.333. The normalized spacial score (nSPS) is 11.6. The fourth-order valence-electron chi connectivity index (χ4n) is 2.60. The second-order valence-electron chi connectivity index (χ2n) is 6.46. The van der Waals surface area contributed by atoms with E-state index in [0.717, 1.165) is 6.42 Å². The Morgan fingerprint density at radius 3 is 2.55 bits per heavy atom. The number of nitrogens with zero attached hydrogens (tertiary/aromatic N) is 1. The number of hydrogen-bond acceptors (Lipinski definition) is 3. The maximum absolute atomic E-state index is 13.8. The van der Waals surface area contributed by atoms with Gasteiger partial charge in [0.05, 0.1) is 10.0 Å². The lowest BCUT2D eigenvalue weighted by molar-refractivity contribution is -0.142. The number of amides is 2. The second-order valence-corrected chi connectivity index (χ2v) is 7.27. The van der Waals surface area contributed by atoms with Crippen molar-refractivity contribution in [3.63, 3.8) is 0 Å². The monoisotopic (exact) mass is 440 g/mol. The number of benzene rings is 2. The van der Waals surface area contributed by atoms with Crippen LogP contribution in [0, 0.1) is 5.82 Å². The molecule has 1 atom stereocenters. The van der Waals surface area contributed by atoms with Gasteiger partial charge in [0.2, 0.25) is 5.91 Å². The predicted octanol–water partition coefficient (Wildman–Crippen LogP) is 4.45. The van der Waals surface area contributed by atoms with E-state index in [1.54, 1.807) is 31.2 Å². The third-order valence-corrected chi connectivity index (χ3v) is 4.98. The first-order chi connectivity index (χ1) is 13.8. The molecule has 29 heavy (non-hydrogen) atoms. The number of rotatable bonds is 9. The number of para-hydroxylation sites is 1. The molecule has 0 fully saturated rings. The van der Waals surface area contributed by atoms with Crippen molar-refractivity contribution in [2.75, 3.05) is 13.2 Å². The Bertz CT molecular complexity index is 864. The van der Waals surface area contributed by atoms with Crippen molar-refractivity contribution in [1.82, 2.24) is 10.2 Å². The first-order valence-corrected chi connectivity index (χ1v) is 9.97. The molecule has 0 bridgehead atoms. The van der Waals surface area contributed by atoms with E-state index in [1.807, 2.05) is 6.92 Å². The van der Waals surface area contributed by atoms with E-state index in [-0.39, 0.29) is 18.2 Å². The molecule has 0 aliphatic heterocycles. The van der Waals surface area contributed by atoms with Crippen molar-refractivity contribution < 1.29 is 18.7 Å². The molecule has 1 N–H and O–H groups in total. The topological polar surface area (TPSA) is 58.6 Å². The van der Waals surface area contributed by atoms with Crippen LogP contribution in [0.4, 0.5) is 4.39 Å². The highest BCUT2D eigenvalue weighted by Gasteiger charge is 2.26. The average Bonchev–Trinajstić information content (AvgIpc) is 2.71. The van der Waals surface area contributed by atoms with Crippen molar-refractivity contribution in [3.8, 4) is 5.75 Å². The first-order valence-electron chi connectivity index (χ1n) is 9.22. The van der Waals surface area contributed by atoms with Crippen LogP contribution in [-0.2, 0) is 16.1 Å². The lowest BCUT2D eigenvalue weighted by Crippen LogP contribution is -2.49. The van der Waals surface area contributed by atoms with E-state index in [1.165, 1.54) is 23.1 Å². The zero-order valence-electron chi connectivity index (χ0n) is 16.3. The van der Waals surface area contributed by atoms with Gasteiger partial charge in [-0.15, -0.1) is 0 Å². The van der Waals surface area contributed by atoms with Crippen molar-refractivity contribution in [1.29, 1.82) is 0 Å². The standard InChI is InChI=1S/C21H23Cl2FN2O3/c1-3-10-25-21(28)14(2)26(12-15-8-9-16(22)17(23)11-15)20(27)13-29-19-7-5-4-6-18(19)24/h4-9,11,14H,3,10,12-13H2,1-2H3,(H,25,28)/t14-/m1/s1. The van der Waals surface area contributed by atoms with Crippen molar-refractivity contribution in [3.05, 3.63) is 63.9 Å². The molecule has 0 aliphatic rings. The van der Waals surface area contributed by atoms with E-state index < -0.39 is 24.4 Å². The van der Waals surface area contributed by atoms with Crippen LogP contribution in [0.3, 0.4) is 0 Å². The van der Waals surface area contributed by atoms with Gasteiger partial charge >= 0.3 is 0 Å². The van der Waals surface area contributed by atoms with E-state index in [2.05, 4.69) is 5.32 Å². The SMILES string of the molecule is CCCNC(=O)[C@@H](C)N(Cc1ccc(Cl)c(Cl)c1)C(=O)COc1ccccc1F. The fourth-order valence-corrected chi connectivity index (χ4v) is 2.92. The predicted molar refractivity (Wildman–Crippen MR) is 112 cm³/mol. The van der Waals surface area contributed by atoms with Crippen LogP contribution in [-0.4, -0.2) is 35.9 Å². The smallest absolute Gasteiger partial charge is 0.261 e.